The minimum atomic E-state index is -3.76. The summed E-state index contributed by atoms with van der Waals surface area (Å²) >= 11 is 0. The molecule has 0 amide bonds. The molecular formula is C15H15FO4S. The van der Waals surface area contributed by atoms with Gasteiger partial charge in [-0.2, -0.15) is 0 Å². The fraction of sp³-hybridized carbons (Fsp3) is 0.200. The van der Waals surface area contributed by atoms with Crippen LogP contribution in [-0.4, -0.2) is 22.6 Å². The maximum absolute atomic E-state index is 13.6. The Morgan fingerprint density at radius 1 is 1.00 bits per heavy atom. The summed E-state index contributed by atoms with van der Waals surface area (Å²) in [4.78, 5) is -0.306. The fourth-order valence-electron chi connectivity index (χ4n) is 1.96. The Balaban J connectivity index is 2.35. The number of hydrogen-bond acceptors (Lipinski definition) is 4. The van der Waals surface area contributed by atoms with E-state index in [1.165, 1.54) is 32.4 Å². The van der Waals surface area contributed by atoms with E-state index in [4.69, 9.17) is 9.47 Å². The SMILES string of the molecule is COc1ccc(CS(=O)(=O)c2ccccc2F)cc1OC. The maximum Gasteiger partial charge on any atom is 0.185 e. The number of ether oxygens (including phenoxy) is 2. The molecule has 0 aliphatic carbocycles. The summed E-state index contributed by atoms with van der Waals surface area (Å²) < 4.78 is 48.4. The zero-order valence-electron chi connectivity index (χ0n) is 11.7. The molecule has 0 N–H and O–H groups in total. The fourth-order valence-corrected chi connectivity index (χ4v) is 3.39. The smallest absolute Gasteiger partial charge is 0.185 e. The minimum Gasteiger partial charge on any atom is -0.493 e. The molecule has 4 nitrogen and oxygen atoms in total. The Bertz CT molecular complexity index is 741. The second-order valence-corrected chi connectivity index (χ2v) is 6.34. The van der Waals surface area contributed by atoms with Crippen molar-refractivity contribution in [2.75, 3.05) is 14.2 Å². The lowest BCUT2D eigenvalue weighted by atomic mass is 10.2. The van der Waals surface area contributed by atoms with Crippen molar-refractivity contribution in [1.82, 2.24) is 0 Å². The van der Waals surface area contributed by atoms with Crippen molar-refractivity contribution in [3.63, 3.8) is 0 Å². The summed E-state index contributed by atoms with van der Waals surface area (Å²) in [6.45, 7) is 0. The molecule has 0 unspecified atom stereocenters. The summed E-state index contributed by atoms with van der Waals surface area (Å²) in [7, 11) is -0.801. The molecular weight excluding hydrogens is 295 g/mol. The third-order valence-electron chi connectivity index (χ3n) is 2.98. The van der Waals surface area contributed by atoms with Gasteiger partial charge in [0.15, 0.2) is 21.3 Å². The van der Waals surface area contributed by atoms with Gasteiger partial charge < -0.3 is 9.47 Å². The van der Waals surface area contributed by atoms with E-state index in [-0.39, 0.29) is 10.6 Å². The van der Waals surface area contributed by atoms with Gasteiger partial charge in [-0.3, -0.25) is 0 Å². The van der Waals surface area contributed by atoms with Crippen molar-refractivity contribution in [2.24, 2.45) is 0 Å². The molecule has 2 aromatic carbocycles. The Labute approximate surface area is 123 Å². The van der Waals surface area contributed by atoms with Crippen LogP contribution in [0.5, 0.6) is 11.5 Å². The van der Waals surface area contributed by atoms with Gasteiger partial charge in [0.2, 0.25) is 0 Å². The van der Waals surface area contributed by atoms with Crippen LogP contribution in [0.25, 0.3) is 0 Å². The molecule has 0 bridgehead atoms. The molecule has 0 radical (unpaired) electrons. The zero-order valence-corrected chi connectivity index (χ0v) is 12.5. The Morgan fingerprint density at radius 2 is 1.67 bits per heavy atom. The van der Waals surface area contributed by atoms with E-state index in [1.807, 2.05) is 0 Å². The van der Waals surface area contributed by atoms with Crippen molar-refractivity contribution < 1.29 is 22.3 Å². The monoisotopic (exact) mass is 310 g/mol. The zero-order chi connectivity index (χ0) is 15.5. The molecule has 112 valence electrons. The largest absolute Gasteiger partial charge is 0.493 e. The quantitative estimate of drug-likeness (QED) is 0.852. The van der Waals surface area contributed by atoms with E-state index < -0.39 is 15.7 Å². The molecule has 6 heteroatoms. The highest BCUT2D eigenvalue weighted by Crippen LogP contribution is 2.29. The van der Waals surface area contributed by atoms with E-state index in [1.54, 1.807) is 18.2 Å². The average molecular weight is 310 g/mol. The highest BCUT2D eigenvalue weighted by molar-refractivity contribution is 7.90. The number of methoxy groups -OCH3 is 2. The first-order valence-corrected chi connectivity index (χ1v) is 7.81. The highest BCUT2D eigenvalue weighted by Gasteiger charge is 2.20. The van der Waals surface area contributed by atoms with Gasteiger partial charge in [-0.25, -0.2) is 12.8 Å². The average Bonchev–Trinajstić information content (AvgIpc) is 2.47. The van der Waals surface area contributed by atoms with Crippen LogP contribution in [0, 0.1) is 5.82 Å². The predicted octanol–water partition coefficient (Wildman–Crippen LogP) is 2.82. The van der Waals surface area contributed by atoms with Crippen LogP contribution in [0.3, 0.4) is 0 Å². The predicted molar refractivity (Wildman–Crippen MR) is 76.8 cm³/mol. The standard InChI is InChI=1S/C15H15FO4S/c1-19-13-8-7-11(9-14(13)20-2)10-21(17,18)15-6-4-3-5-12(15)16/h3-9H,10H2,1-2H3. The van der Waals surface area contributed by atoms with E-state index in [9.17, 15) is 12.8 Å². The molecule has 0 aliphatic heterocycles. The van der Waals surface area contributed by atoms with Crippen LogP contribution in [0.1, 0.15) is 5.56 Å². The molecule has 0 saturated carbocycles. The van der Waals surface area contributed by atoms with Crippen molar-refractivity contribution in [1.29, 1.82) is 0 Å². The molecule has 0 fully saturated rings. The summed E-state index contributed by atoms with van der Waals surface area (Å²) in [5, 5.41) is 0. The third kappa shape index (κ3) is 3.33. The molecule has 0 atom stereocenters. The first-order chi connectivity index (χ1) is 9.97. The Hall–Kier alpha value is -2.08. The van der Waals surface area contributed by atoms with Crippen molar-refractivity contribution >= 4 is 9.84 Å². The lowest BCUT2D eigenvalue weighted by Gasteiger charge is -2.10. The van der Waals surface area contributed by atoms with Gasteiger partial charge in [-0.15, -0.1) is 0 Å². The molecule has 21 heavy (non-hydrogen) atoms. The van der Waals surface area contributed by atoms with Crippen molar-refractivity contribution in [3.8, 4) is 11.5 Å². The molecule has 0 spiro atoms. The highest BCUT2D eigenvalue weighted by atomic mass is 32.2. The first-order valence-electron chi connectivity index (χ1n) is 6.16. The molecule has 2 rings (SSSR count). The van der Waals surface area contributed by atoms with E-state index in [2.05, 4.69) is 0 Å². The maximum atomic E-state index is 13.6. The van der Waals surface area contributed by atoms with Gasteiger partial charge in [0.25, 0.3) is 0 Å². The number of rotatable bonds is 5. The summed E-state index contributed by atoms with van der Waals surface area (Å²) in [6.07, 6.45) is 0. The number of sulfone groups is 1. The summed E-state index contributed by atoms with van der Waals surface area (Å²) in [6, 6.07) is 10.1. The van der Waals surface area contributed by atoms with Crippen LogP contribution < -0.4 is 9.47 Å². The van der Waals surface area contributed by atoms with Gasteiger partial charge >= 0.3 is 0 Å². The number of benzene rings is 2. The molecule has 0 saturated heterocycles. The summed E-state index contributed by atoms with van der Waals surface area (Å²) in [5.74, 6) is -0.130. The lowest BCUT2D eigenvalue weighted by Crippen LogP contribution is -2.07. The van der Waals surface area contributed by atoms with Crippen LogP contribution in [0.4, 0.5) is 4.39 Å². The van der Waals surface area contributed by atoms with E-state index >= 15 is 0 Å². The van der Waals surface area contributed by atoms with Crippen LogP contribution >= 0.6 is 0 Å². The second-order valence-electron chi connectivity index (χ2n) is 4.38. The molecule has 2 aromatic rings. The Morgan fingerprint density at radius 3 is 2.29 bits per heavy atom. The van der Waals surface area contributed by atoms with Gasteiger partial charge in [0, 0.05) is 0 Å². The topological polar surface area (TPSA) is 52.6 Å². The van der Waals surface area contributed by atoms with Crippen molar-refractivity contribution in [2.45, 2.75) is 10.6 Å². The lowest BCUT2D eigenvalue weighted by molar-refractivity contribution is 0.354. The first kappa shape index (κ1) is 15.3. The van der Waals surface area contributed by atoms with Gasteiger partial charge in [-0.1, -0.05) is 18.2 Å². The number of halogens is 1. The van der Waals surface area contributed by atoms with Gasteiger partial charge in [0.05, 0.1) is 20.0 Å². The van der Waals surface area contributed by atoms with Crippen LogP contribution in [-0.2, 0) is 15.6 Å². The number of hydrogen-bond donors (Lipinski definition) is 0. The molecule has 0 aromatic heterocycles. The minimum absolute atomic E-state index is 0.306. The van der Waals surface area contributed by atoms with E-state index in [0.717, 1.165) is 6.07 Å². The molecule has 0 aliphatic rings. The van der Waals surface area contributed by atoms with Crippen LogP contribution in [0.2, 0.25) is 0 Å². The van der Waals surface area contributed by atoms with Crippen LogP contribution in [0.15, 0.2) is 47.4 Å². The normalized spacial score (nSPS) is 11.2. The van der Waals surface area contributed by atoms with Gasteiger partial charge in [-0.05, 0) is 29.8 Å². The molecule has 0 heterocycles. The van der Waals surface area contributed by atoms with Crippen molar-refractivity contribution in [3.05, 3.63) is 53.8 Å². The van der Waals surface area contributed by atoms with E-state index in [0.29, 0.717) is 17.1 Å². The Kier molecular flexibility index (Phi) is 4.47. The van der Waals surface area contributed by atoms with Gasteiger partial charge in [0.1, 0.15) is 10.7 Å². The third-order valence-corrected chi connectivity index (χ3v) is 4.69. The summed E-state index contributed by atoms with van der Waals surface area (Å²) in [5.41, 5.74) is 0.496. The second kappa shape index (κ2) is 6.13.